The van der Waals surface area contributed by atoms with Gasteiger partial charge in [-0.2, -0.15) is 5.11 Å². The topological polar surface area (TPSA) is 134 Å². The van der Waals surface area contributed by atoms with Crippen LogP contribution in [0.15, 0.2) is 70.9 Å². The summed E-state index contributed by atoms with van der Waals surface area (Å²) in [6, 6.07) is 18.5. The molecule has 0 amide bonds. The molecule has 0 saturated heterocycles. The van der Waals surface area contributed by atoms with E-state index in [1.54, 1.807) is 13.2 Å². The summed E-state index contributed by atoms with van der Waals surface area (Å²) in [6.45, 7) is 0. The van der Waals surface area contributed by atoms with Crippen molar-refractivity contribution >= 4 is 32.5 Å². The first-order valence-electron chi connectivity index (χ1n) is 7.21. The van der Waals surface area contributed by atoms with Crippen LogP contribution in [0.4, 0.5) is 11.4 Å². The van der Waals surface area contributed by atoms with E-state index >= 15 is 0 Å². The zero-order valence-corrected chi connectivity index (χ0v) is 20.4. The number of benzene rings is 3. The summed E-state index contributed by atoms with van der Waals surface area (Å²) < 4.78 is 39.2. The summed E-state index contributed by atoms with van der Waals surface area (Å²) in [5.74, 6) is 0.882. The number of nitrogens with zero attached hydrogens (tertiary/aromatic N) is 2. The molecule has 136 valence electrons. The Morgan fingerprint density at radius 2 is 1.46 bits per heavy atom. The minimum absolute atomic E-state index is 0. The Kier molecular flexibility index (Phi) is 12.1. The van der Waals surface area contributed by atoms with Gasteiger partial charge >= 0.3 is 59.1 Å². The fourth-order valence-corrected chi connectivity index (χ4v) is 2.11. The molecule has 0 spiro atoms. The Bertz CT molecular complexity index is 1020. The molecule has 1 N–H and O–H groups in total. The van der Waals surface area contributed by atoms with E-state index in [0.29, 0.717) is 11.4 Å². The number of hydrogen-bond acceptors (Lipinski definition) is 8. The smallest absolute Gasteiger partial charge is 0.759 e. The minimum atomic E-state index is -5.17. The third-order valence-electron chi connectivity index (χ3n) is 3.22. The van der Waals surface area contributed by atoms with Gasteiger partial charge in [-0.25, -0.2) is 0 Å². The molecular formula is C17H14N2Na2O6S. The first-order valence-corrected chi connectivity index (χ1v) is 8.54. The Morgan fingerprint density at radius 3 is 2.04 bits per heavy atom. The van der Waals surface area contributed by atoms with Gasteiger partial charge in [0.2, 0.25) is 0 Å². The van der Waals surface area contributed by atoms with Crippen molar-refractivity contribution in [3.8, 4) is 11.5 Å². The molecule has 0 aromatic heterocycles. The monoisotopic (exact) mass is 420 g/mol. The second-order valence-electron chi connectivity index (χ2n) is 4.96. The third-order valence-corrected chi connectivity index (χ3v) is 3.22. The Morgan fingerprint density at radius 1 is 0.893 bits per heavy atom. The zero-order chi connectivity index (χ0) is 19.2. The van der Waals surface area contributed by atoms with Gasteiger partial charge in [0.25, 0.3) is 0 Å². The van der Waals surface area contributed by atoms with Crippen LogP contribution in [-0.4, -0.2) is 29.7 Å². The van der Waals surface area contributed by atoms with Crippen molar-refractivity contribution in [2.75, 3.05) is 7.11 Å². The van der Waals surface area contributed by atoms with Crippen LogP contribution in [0.2, 0.25) is 0 Å². The molecule has 0 atom stereocenters. The fourth-order valence-electron chi connectivity index (χ4n) is 2.11. The molecule has 0 bridgehead atoms. The van der Waals surface area contributed by atoms with E-state index in [4.69, 9.17) is 22.3 Å². The van der Waals surface area contributed by atoms with Crippen LogP contribution >= 0.6 is 0 Å². The normalized spacial score (nSPS) is 10.4. The van der Waals surface area contributed by atoms with Crippen LogP contribution in [-0.2, 0) is 10.4 Å². The van der Waals surface area contributed by atoms with Gasteiger partial charge in [0.1, 0.15) is 17.2 Å². The molecule has 3 aromatic rings. The van der Waals surface area contributed by atoms with Gasteiger partial charge < -0.3 is 18.9 Å². The average Bonchev–Trinajstić information content (AvgIpc) is 2.60. The number of hydrogen-bond donors (Lipinski definition) is 1. The van der Waals surface area contributed by atoms with Crippen molar-refractivity contribution in [3.05, 3.63) is 60.7 Å². The Labute approximate surface area is 206 Å². The number of rotatable bonds is 3. The van der Waals surface area contributed by atoms with Crippen LogP contribution in [0.3, 0.4) is 0 Å². The number of methoxy groups -OCH3 is 1. The van der Waals surface area contributed by atoms with Gasteiger partial charge in [-0.3, -0.25) is 8.42 Å². The van der Waals surface area contributed by atoms with E-state index in [-0.39, 0.29) is 64.9 Å². The molecule has 3 rings (SSSR count). The van der Waals surface area contributed by atoms with Gasteiger partial charge in [0.05, 0.1) is 12.8 Å². The maximum absolute atomic E-state index is 9.99. The van der Waals surface area contributed by atoms with Crippen LogP contribution in [0.25, 0.3) is 10.8 Å². The van der Waals surface area contributed by atoms with Gasteiger partial charge in [-0.05, 0) is 35.7 Å². The van der Waals surface area contributed by atoms with Crippen molar-refractivity contribution in [3.63, 3.8) is 0 Å². The van der Waals surface area contributed by atoms with E-state index in [1.807, 2.05) is 54.6 Å². The SMILES string of the molecule is COc1ccc(N=Nc2c(O)ccc3ccccc23)cc1.O=S(=O)([O-])[O-].[Na+].[Na+]. The number of aromatic hydroxyl groups is 1. The third kappa shape index (κ3) is 8.99. The molecule has 11 heteroatoms. The molecule has 0 heterocycles. The van der Waals surface area contributed by atoms with Crippen LogP contribution in [0, 0.1) is 0 Å². The molecule has 0 aliphatic carbocycles. The Balaban J connectivity index is 0.000000934. The molecule has 0 aliphatic heterocycles. The quantitative estimate of drug-likeness (QED) is 0.218. The van der Waals surface area contributed by atoms with Gasteiger partial charge in [0.15, 0.2) is 0 Å². The maximum atomic E-state index is 9.99. The second kappa shape index (κ2) is 12.5. The van der Waals surface area contributed by atoms with E-state index in [9.17, 15) is 5.11 Å². The van der Waals surface area contributed by atoms with Crippen LogP contribution < -0.4 is 63.9 Å². The van der Waals surface area contributed by atoms with Gasteiger partial charge in [-0.1, -0.05) is 30.3 Å². The van der Waals surface area contributed by atoms with Crippen molar-refractivity contribution in [2.24, 2.45) is 10.2 Å². The summed E-state index contributed by atoms with van der Waals surface area (Å²) >= 11 is 0. The molecule has 8 nitrogen and oxygen atoms in total. The van der Waals surface area contributed by atoms with Crippen molar-refractivity contribution in [2.45, 2.75) is 0 Å². The molecular weight excluding hydrogens is 406 g/mol. The summed E-state index contributed by atoms with van der Waals surface area (Å²) in [7, 11) is -3.55. The van der Waals surface area contributed by atoms with Gasteiger partial charge in [-0.15, -0.1) is 5.11 Å². The summed E-state index contributed by atoms with van der Waals surface area (Å²) in [6.07, 6.45) is 0. The van der Waals surface area contributed by atoms with Crippen LogP contribution in [0.5, 0.6) is 11.5 Å². The first kappa shape index (κ1) is 27.0. The summed E-state index contributed by atoms with van der Waals surface area (Å²) in [5.41, 5.74) is 1.17. The van der Waals surface area contributed by atoms with Crippen molar-refractivity contribution in [1.82, 2.24) is 0 Å². The van der Waals surface area contributed by atoms with Crippen LogP contribution in [0.1, 0.15) is 0 Å². The van der Waals surface area contributed by atoms with E-state index in [1.165, 1.54) is 0 Å². The second-order valence-corrected chi connectivity index (χ2v) is 5.78. The van der Waals surface area contributed by atoms with E-state index in [0.717, 1.165) is 16.5 Å². The molecule has 0 saturated carbocycles. The summed E-state index contributed by atoms with van der Waals surface area (Å²) in [5, 5.41) is 20.2. The zero-order valence-electron chi connectivity index (χ0n) is 15.6. The molecule has 3 aromatic carbocycles. The summed E-state index contributed by atoms with van der Waals surface area (Å²) in [4.78, 5) is 0. The molecule has 0 unspecified atom stereocenters. The largest absolute Gasteiger partial charge is 1.00 e. The number of phenolic OH excluding ortho intramolecular Hbond substituents is 1. The van der Waals surface area contributed by atoms with E-state index < -0.39 is 10.4 Å². The fraction of sp³-hybridized carbons (Fsp3) is 0.0588. The minimum Gasteiger partial charge on any atom is -0.759 e. The predicted octanol–water partition coefficient (Wildman–Crippen LogP) is -2.36. The van der Waals surface area contributed by atoms with Crippen molar-refractivity contribution < 1.29 is 86.5 Å². The van der Waals surface area contributed by atoms with Crippen molar-refractivity contribution in [1.29, 1.82) is 0 Å². The maximum Gasteiger partial charge on any atom is 1.00 e. The molecule has 0 aliphatic rings. The standard InChI is InChI=1S/C17H14N2O2.2Na.H2O4S/c1-21-14-9-7-13(8-10-14)18-19-17-15-5-3-2-4-12(15)6-11-16(17)20;;;1-5(2,3)4/h2-11,20H,1H3;;;(H2,1,2,3,4)/q;2*+1;/p-2. The molecule has 0 radical (unpaired) electrons. The van der Waals surface area contributed by atoms with E-state index in [2.05, 4.69) is 10.2 Å². The molecule has 0 fully saturated rings. The molecule has 28 heavy (non-hydrogen) atoms. The predicted molar refractivity (Wildman–Crippen MR) is 93.3 cm³/mol. The number of azo groups is 1. The number of ether oxygens (including phenoxy) is 1. The Hall–Kier alpha value is -1.01. The van der Waals surface area contributed by atoms with Gasteiger partial charge in [0, 0.05) is 15.8 Å². The first-order chi connectivity index (χ1) is 12.3. The number of fused-ring (bicyclic) bond motifs is 1. The number of phenols is 1. The average molecular weight is 420 g/mol.